The van der Waals surface area contributed by atoms with Gasteiger partial charge in [0.1, 0.15) is 5.75 Å². The molecule has 0 aliphatic heterocycles. The van der Waals surface area contributed by atoms with E-state index in [1.165, 1.54) is 64.2 Å². The summed E-state index contributed by atoms with van der Waals surface area (Å²) in [5.74, 6) is 1.47. The number of hydrogen-bond acceptors (Lipinski definition) is 4. The van der Waals surface area contributed by atoms with Gasteiger partial charge in [0.15, 0.2) is 0 Å². The first kappa shape index (κ1) is 20.6. The van der Waals surface area contributed by atoms with Crippen LogP contribution in [0.3, 0.4) is 0 Å². The first-order valence-corrected chi connectivity index (χ1v) is 11.0. The smallest absolute Gasteiger partial charge is 0.122 e. The van der Waals surface area contributed by atoms with Crippen molar-refractivity contribution in [1.82, 2.24) is 5.32 Å². The van der Waals surface area contributed by atoms with E-state index in [9.17, 15) is 10.2 Å². The Morgan fingerprint density at radius 3 is 1.89 bits per heavy atom. The molecule has 1 aromatic rings. The fourth-order valence-corrected chi connectivity index (χ4v) is 5.00. The average molecular weight is 376 g/mol. The second-order valence-corrected chi connectivity index (χ2v) is 8.58. The number of aromatic hydroxyl groups is 1. The van der Waals surface area contributed by atoms with Gasteiger partial charge in [-0.15, -0.1) is 0 Å². The largest absolute Gasteiger partial charge is 0.507 e. The van der Waals surface area contributed by atoms with Gasteiger partial charge in [-0.2, -0.15) is 0 Å². The Morgan fingerprint density at radius 1 is 0.889 bits per heavy atom. The lowest BCUT2D eigenvalue weighted by molar-refractivity contribution is 0.168. The van der Waals surface area contributed by atoms with E-state index in [0.717, 1.165) is 16.7 Å². The predicted octanol–water partition coefficient (Wildman–Crippen LogP) is 3.97. The monoisotopic (exact) mass is 375 g/mol. The predicted molar refractivity (Wildman–Crippen MR) is 109 cm³/mol. The fourth-order valence-electron chi connectivity index (χ4n) is 5.00. The van der Waals surface area contributed by atoms with Crippen molar-refractivity contribution in [2.45, 2.75) is 88.6 Å². The molecular formula is C23H37NO3. The van der Waals surface area contributed by atoms with Crippen LogP contribution in [0.4, 0.5) is 0 Å². The van der Waals surface area contributed by atoms with Crippen LogP contribution in [0.1, 0.15) is 92.7 Å². The molecule has 2 fully saturated rings. The summed E-state index contributed by atoms with van der Waals surface area (Å²) in [5, 5.41) is 33.5. The number of nitrogens with one attached hydrogen (secondary N) is 1. The molecule has 2 aliphatic carbocycles. The molecule has 27 heavy (non-hydrogen) atoms. The number of aliphatic hydroxyl groups excluding tert-OH is 2. The lowest BCUT2D eigenvalue weighted by atomic mass is 9.78. The van der Waals surface area contributed by atoms with E-state index in [1.807, 2.05) is 0 Å². The van der Waals surface area contributed by atoms with Gasteiger partial charge in [0.05, 0.1) is 12.7 Å². The van der Waals surface area contributed by atoms with Crippen molar-refractivity contribution < 1.29 is 15.3 Å². The molecule has 0 radical (unpaired) electrons. The highest BCUT2D eigenvalue weighted by Crippen LogP contribution is 2.44. The summed E-state index contributed by atoms with van der Waals surface area (Å²) in [7, 11) is 0. The van der Waals surface area contributed by atoms with E-state index in [4.69, 9.17) is 5.11 Å². The third kappa shape index (κ3) is 5.69. The molecule has 4 heteroatoms. The second-order valence-electron chi connectivity index (χ2n) is 8.58. The molecule has 0 aromatic heterocycles. The maximum absolute atomic E-state index is 11.1. The molecule has 152 valence electrons. The van der Waals surface area contributed by atoms with Crippen LogP contribution in [-0.4, -0.2) is 41.1 Å². The molecular weight excluding hydrogens is 338 g/mol. The van der Waals surface area contributed by atoms with Crippen molar-refractivity contribution in [1.29, 1.82) is 0 Å². The Balaban J connectivity index is 1.82. The Bertz CT molecular complexity index is 538. The lowest BCUT2D eigenvalue weighted by Crippen LogP contribution is -2.30. The third-order valence-electron chi connectivity index (χ3n) is 6.46. The highest BCUT2D eigenvalue weighted by molar-refractivity contribution is 5.48. The van der Waals surface area contributed by atoms with Gasteiger partial charge in [-0.05, 0) is 60.6 Å². The molecule has 0 spiro atoms. The van der Waals surface area contributed by atoms with Gasteiger partial charge in [0.25, 0.3) is 0 Å². The molecule has 4 nitrogen and oxygen atoms in total. The summed E-state index contributed by atoms with van der Waals surface area (Å²) in [6.45, 7) is 1.08. The highest BCUT2D eigenvalue weighted by atomic mass is 16.3. The standard InChI is InChI=1S/C23H37NO3/c25-12-11-24-16-20(26)13-17-14-21(18-7-3-1-4-8-18)23(27)22(15-17)19-9-5-2-6-10-19/h14-15,18-20,24-27H,1-13,16H2. The maximum atomic E-state index is 11.1. The van der Waals surface area contributed by atoms with Gasteiger partial charge in [0, 0.05) is 13.1 Å². The molecule has 2 saturated carbocycles. The van der Waals surface area contributed by atoms with E-state index in [0.29, 0.717) is 37.1 Å². The molecule has 4 N–H and O–H groups in total. The summed E-state index contributed by atoms with van der Waals surface area (Å²) >= 11 is 0. The van der Waals surface area contributed by atoms with E-state index in [-0.39, 0.29) is 6.61 Å². The van der Waals surface area contributed by atoms with Crippen LogP contribution in [0.5, 0.6) is 5.75 Å². The quantitative estimate of drug-likeness (QED) is 0.519. The second kappa shape index (κ2) is 10.4. The Labute approximate surface area is 164 Å². The molecule has 1 unspecified atom stereocenters. The van der Waals surface area contributed by atoms with Crippen LogP contribution >= 0.6 is 0 Å². The summed E-state index contributed by atoms with van der Waals surface area (Å²) in [6, 6.07) is 4.32. The average Bonchev–Trinajstić information content (AvgIpc) is 2.70. The van der Waals surface area contributed by atoms with Crippen LogP contribution in [0.2, 0.25) is 0 Å². The number of phenols is 1. The van der Waals surface area contributed by atoms with Crippen molar-refractivity contribution in [3.63, 3.8) is 0 Å². The van der Waals surface area contributed by atoms with Crippen molar-refractivity contribution in [3.05, 3.63) is 28.8 Å². The van der Waals surface area contributed by atoms with Gasteiger partial charge in [-0.25, -0.2) is 0 Å². The normalized spacial score (nSPS) is 20.7. The molecule has 0 amide bonds. The number of aliphatic hydroxyl groups is 2. The zero-order valence-corrected chi connectivity index (χ0v) is 16.6. The van der Waals surface area contributed by atoms with Crippen molar-refractivity contribution in [2.75, 3.05) is 19.7 Å². The van der Waals surface area contributed by atoms with Gasteiger partial charge >= 0.3 is 0 Å². The number of phenolic OH excluding ortho intramolecular Hbond substituents is 1. The summed E-state index contributed by atoms with van der Waals surface area (Å²) in [5.41, 5.74) is 3.40. The van der Waals surface area contributed by atoms with Crippen LogP contribution in [-0.2, 0) is 6.42 Å². The number of benzene rings is 1. The number of rotatable bonds is 8. The minimum atomic E-state index is -0.473. The van der Waals surface area contributed by atoms with E-state index in [1.54, 1.807) is 0 Å². The van der Waals surface area contributed by atoms with Crippen molar-refractivity contribution >= 4 is 0 Å². The van der Waals surface area contributed by atoms with Crippen LogP contribution in [0, 0.1) is 0 Å². The van der Waals surface area contributed by atoms with Crippen molar-refractivity contribution in [3.8, 4) is 5.75 Å². The zero-order chi connectivity index (χ0) is 19.1. The molecule has 0 bridgehead atoms. The zero-order valence-electron chi connectivity index (χ0n) is 16.6. The Kier molecular flexibility index (Phi) is 7.98. The molecule has 3 rings (SSSR count). The molecule has 0 saturated heterocycles. The minimum Gasteiger partial charge on any atom is -0.507 e. The maximum Gasteiger partial charge on any atom is 0.122 e. The highest BCUT2D eigenvalue weighted by Gasteiger charge is 2.25. The molecule has 1 aromatic carbocycles. The lowest BCUT2D eigenvalue weighted by Gasteiger charge is -2.28. The van der Waals surface area contributed by atoms with Gasteiger partial charge in [-0.1, -0.05) is 50.7 Å². The van der Waals surface area contributed by atoms with Crippen LogP contribution < -0.4 is 5.32 Å². The summed E-state index contributed by atoms with van der Waals surface area (Å²) < 4.78 is 0. The SMILES string of the molecule is OCCNCC(O)Cc1cc(C2CCCCC2)c(O)c(C2CCCCC2)c1. The summed E-state index contributed by atoms with van der Waals surface area (Å²) in [6.07, 6.45) is 12.4. The first-order valence-electron chi connectivity index (χ1n) is 11.0. The molecule has 1 atom stereocenters. The summed E-state index contributed by atoms with van der Waals surface area (Å²) in [4.78, 5) is 0. The van der Waals surface area contributed by atoms with E-state index in [2.05, 4.69) is 17.4 Å². The Hall–Kier alpha value is -1.10. The van der Waals surface area contributed by atoms with Crippen LogP contribution in [0.15, 0.2) is 12.1 Å². The van der Waals surface area contributed by atoms with Gasteiger partial charge in [-0.3, -0.25) is 0 Å². The van der Waals surface area contributed by atoms with Crippen LogP contribution in [0.25, 0.3) is 0 Å². The topological polar surface area (TPSA) is 72.7 Å². The first-order chi connectivity index (χ1) is 13.2. The number of hydrogen-bond donors (Lipinski definition) is 4. The van der Waals surface area contributed by atoms with E-state index >= 15 is 0 Å². The third-order valence-corrected chi connectivity index (χ3v) is 6.46. The minimum absolute atomic E-state index is 0.0869. The van der Waals surface area contributed by atoms with Gasteiger partial charge in [0.2, 0.25) is 0 Å². The van der Waals surface area contributed by atoms with E-state index < -0.39 is 6.10 Å². The fraction of sp³-hybridized carbons (Fsp3) is 0.739. The van der Waals surface area contributed by atoms with Crippen molar-refractivity contribution in [2.24, 2.45) is 0 Å². The molecule has 2 aliphatic rings. The van der Waals surface area contributed by atoms with Gasteiger partial charge < -0.3 is 20.6 Å². The Morgan fingerprint density at radius 2 is 1.41 bits per heavy atom. The molecule has 0 heterocycles.